The molecule has 23 heavy (non-hydrogen) atoms. The standard InChI is InChI=1S/C18H33NO3P/c1-5-8-11-23(12-9-6-2,13-10-7-3)15-17-19-16(14-22-17)18(20)21-4/h14H,5-13,15H2,1-4H3/q+1. The van der Waals surface area contributed by atoms with Crippen LogP contribution in [0.3, 0.4) is 0 Å². The van der Waals surface area contributed by atoms with Crippen LogP contribution in [0.4, 0.5) is 0 Å². The quantitative estimate of drug-likeness (QED) is 0.378. The summed E-state index contributed by atoms with van der Waals surface area (Å²) in [6.45, 7) is 6.78. The van der Waals surface area contributed by atoms with Crippen molar-refractivity contribution >= 4 is 13.2 Å². The first-order valence-electron chi connectivity index (χ1n) is 8.98. The number of carbonyl (C=O) groups excluding carboxylic acids is 1. The lowest BCUT2D eigenvalue weighted by Crippen LogP contribution is -2.12. The molecule has 0 aliphatic rings. The number of rotatable bonds is 12. The minimum absolute atomic E-state index is 0.294. The summed E-state index contributed by atoms with van der Waals surface area (Å²) in [4.78, 5) is 15.9. The first-order chi connectivity index (χ1) is 11.1. The first-order valence-corrected chi connectivity index (χ1v) is 11.5. The van der Waals surface area contributed by atoms with Crippen molar-refractivity contribution in [3.63, 3.8) is 0 Å². The number of nitrogens with zero attached hydrogens (tertiary/aromatic N) is 1. The van der Waals surface area contributed by atoms with E-state index < -0.39 is 13.2 Å². The van der Waals surface area contributed by atoms with Gasteiger partial charge >= 0.3 is 5.97 Å². The number of hydrogen-bond acceptors (Lipinski definition) is 4. The third-order valence-corrected chi connectivity index (χ3v) is 9.11. The fourth-order valence-electron chi connectivity index (χ4n) is 2.92. The van der Waals surface area contributed by atoms with Crippen molar-refractivity contribution in [2.45, 2.75) is 65.5 Å². The Kier molecular flexibility index (Phi) is 9.47. The Hall–Kier alpha value is -0.890. The van der Waals surface area contributed by atoms with Crippen LogP contribution in [0, 0.1) is 0 Å². The van der Waals surface area contributed by atoms with Gasteiger partial charge in [0.05, 0.1) is 25.6 Å². The molecule has 0 unspecified atom stereocenters. The van der Waals surface area contributed by atoms with Crippen LogP contribution in [0.1, 0.15) is 75.7 Å². The lowest BCUT2D eigenvalue weighted by Gasteiger charge is -2.26. The Morgan fingerprint density at radius 1 is 1.09 bits per heavy atom. The molecule has 1 aromatic heterocycles. The zero-order chi connectivity index (χ0) is 17.1. The van der Waals surface area contributed by atoms with Gasteiger partial charge < -0.3 is 9.15 Å². The van der Waals surface area contributed by atoms with Gasteiger partial charge in [0.2, 0.25) is 5.89 Å². The Morgan fingerprint density at radius 3 is 2.04 bits per heavy atom. The first kappa shape index (κ1) is 20.2. The number of unbranched alkanes of at least 4 members (excludes halogenated alkanes) is 3. The van der Waals surface area contributed by atoms with Crippen LogP contribution in [0.15, 0.2) is 10.7 Å². The average molecular weight is 342 g/mol. The molecule has 0 amide bonds. The summed E-state index contributed by atoms with van der Waals surface area (Å²) < 4.78 is 10.3. The van der Waals surface area contributed by atoms with Crippen molar-refractivity contribution in [3.05, 3.63) is 17.8 Å². The van der Waals surface area contributed by atoms with E-state index in [-0.39, 0.29) is 0 Å². The van der Waals surface area contributed by atoms with Gasteiger partial charge in [-0.05, 0) is 19.3 Å². The van der Waals surface area contributed by atoms with Crippen LogP contribution in [0.25, 0.3) is 0 Å². The van der Waals surface area contributed by atoms with Gasteiger partial charge in [-0.15, -0.1) is 0 Å². The fraction of sp³-hybridized carbons (Fsp3) is 0.778. The van der Waals surface area contributed by atoms with Crippen LogP contribution >= 0.6 is 7.26 Å². The number of hydrogen-bond donors (Lipinski definition) is 0. The van der Waals surface area contributed by atoms with Crippen LogP contribution in [-0.2, 0) is 10.9 Å². The number of methoxy groups -OCH3 is 1. The van der Waals surface area contributed by atoms with E-state index in [0.29, 0.717) is 5.69 Å². The van der Waals surface area contributed by atoms with E-state index in [1.807, 2.05) is 0 Å². The van der Waals surface area contributed by atoms with Crippen LogP contribution < -0.4 is 0 Å². The third-order valence-electron chi connectivity index (χ3n) is 4.37. The molecule has 0 saturated carbocycles. The predicted octanol–water partition coefficient (Wildman–Crippen LogP) is 5.38. The van der Waals surface area contributed by atoms with Crippen molar-refractivity contribution in [1.82, 2.24) is 4.98 Å². The minimum Gasteiger partial charge on any atom is -0.464 e. The van der Waals surface area contributed by atoms with Gasteiger partial charge in [0.25, 0.3) is 0 Å². The molecule has 0 atom stereocenters. The highest BCUT2D eigenvalue weighted by atomic mass is 31.2. The Morgan fingerprint density at radius 2 is 1.61 bits per heavy atom. The molecule has 0 aromatic carbocycles. The summed E-state index contributed by atoms with van der Waals surface area (Å²) >= 11 is 0. The molecule has 5 heteroatoms. The second kappa shape index (κ2) is 10.8. The maximum absolute atomic E-state index is 11.6. The number of carbonyl (C=O) groups is 1. The molecule has 132 valence electrons. The summed E-state index contributed by atoms with van der Waals surface area (Å²) in [6, 6.07) is 0. The summed E-state index contributed by atoms with van der Waals surface area (Å²) in [5.41, 5.74) is 0.294. The molecule has 0 spiro atoms. The van der Waals surface area contributed by atoms with Crippen molar-refractivity contribution in [1.29, 1.82) is 0 Å². The predicted molar refractivity (Wildman–Crippen MR) is 97.8 cm³/mol. The number of oxazole rings is 1. The number of ether oxygens (including phenoxy) is 1. The van der Waals surface area contributed by atoms with Gasteiger partial charge in [0, 0.05) is 7.26 Å². The number of aromatic nitrogens is 1. The maximum Gasteiger partial charge on any atom is 0.360 e. The second-order valence-corrected chi connectivity index (χ2v) is 10.7. The molecule has 4 nitrogen and oxygen atoms in total. The molecule has 0 aliphatic heterocycles. The third kappa shape index (κ3) is 6.63. The van der Waals surface area contributed by atoms with E-state index >= 15 is 0 Å². The lowest BCUT2D eigenvalue weighted by molar-refractivity contribution is 0.0594. The Labute approximate surface area is 141 Å². The zero-order valence-electron chi connectivity index (χ0n) is 15.3. The molecule has 1 aromatic rings. The van der Waals surface area contributed by atoms with E-state index in [9.17, 15) is 4.79 Å². The van der Waals surface area contributed by atoms with E-state index in [0.717, 1.165) is 12.1 Å². The molecule has 0 saturated heterocycles. The SMILES string of the molecule is CCCC[P+](CCCC)(CCCC)Cc1nc(C(=O)OC)co1. The second-order valence-electron chi connectivity index (χ2n) is 6.35. The topological polar surface area (TPSA) is 52.3 Å². The van der Waals surface area contributed by atoms with Crippen molar-refractivity contribution in [2.24, 2.45) is 0 Å². The smallest absolute Gasteiger partial charge is 0.360 e. The van der Waals surface area contributed by atoms with Crippen molar-refractivity contribution in [2.75, 3.05) is 25.6 Å². The summed E-state index contributed by atoms with van der Waals surface area (Å²) in [5, 5.41) is 0. The van der Waals surface area contributed by atoms with Crippen LogP contribution in [0.5, 0.6) is 0 Å². The molecule has 0 fully saturated rings. The van der Waals surface area contributed by atoms with E-state index in [1.165, 1.54) is 70.4 Å². The molecule has 0 aliphatic carbocycles. The molecule has 0 radical (unpaired) electrons. The summed E-state index contributed by atoms with van der Waals surface area (Å²) in [7, 11) is 0.271. The molecule has 1 heterocycles. The van der Waals surface area contributed by atoms with Crippen LogP contribution in [-0.4, -0.2) is 36.5 Å². The highest BCUT2D eigenvalue weighted by Gasteiger charge is 2.37. The van der Waals surface area contributed by atoms with Crippen molar-refractivity contribution < 1.29 is 13.9 Å². The van der Waals surface area contributed by atoms with E-state index in [1.54, 1.807) is 0 Å². The van der Waals surface area contributed by atoms with Gasteiger partial charge in [-0.3, -0.25) is 0 Å². The molecule has 0 N–H and O–H groups in total. The van der Waals surface area contributed by atoms with Gasteiger partial charge in [-0.1, -0.05) is 40.0 Å². The molecule has 0 bridgehead atoms. The molecule has 1 rings (SSSR count). The lowest BCUT2D eigenvalue weighted by atomic mass is 10.4. The van der Waals surface area contributed by atoms with Gasteiger partial charge in [0.1, 0.15) is 12.4 Å². The minimum atomic E-state index is -1.10. The van der Waals surface area contributed by atoms with Crippen molar-refractivity contribution in [3.8, 4) is 0 Å². The molecular formula is C18H33NO3P+. The average Bonchev–Trinajstić information content (AvgIpc) is 3.03. The zero-order valence-corrected chi connectivity index (χ0v) is 16.2. The monoisotopic (exact) mass is 342 g/mol. The van der Waals surface area contributed by atoms with E-state index in [2.05, 4.69) is 25.8 Å². The van der Waals surface area contributed by atoms with Gasteiger partial charge in [0.15, 0.2) is 5.69 Å². The molecular weight excluding hydrogens is 309 g/mol. The normalized spacial score (nSPS) is 11.7. The van der Waals surface area contributed by atoms with Gasteiger partial charge in [-0.25, -0.2) is 9.78 Å². The van der Waals surface area contributed by atoms with Crippen LogP contribution in [0.2, 0.25) is 0 Å². The summed E-state index contributed by atoms with van der Waals surface area (Å²) in [6.07, 6.45) is 13.9. The maximum atomic E-state index is 11.6. The number of esters is 1. The fourth-order valence-corrected chi connectivity index (χ4v) is 7.75. The highest BCUT2D eigenvalue weighted by Crippen LogP contribution is 2.63. The summed E-state index contributed by atoms with van der Waals surface area (Å²) in [5.74, 6) is 0.307. The van der Waals surface area contributed by atoms with Gasteiger partial charge in [-0.2, -0.15) is 0 Å². The highest BCUT2D eigenvalue weighted by molar-refractivity contribution is 7.75. The largest absolute Gasteiger partial charge is 0.464 e. The Balaban J connectivity index is 2.90. The Bertz CT molecular complexity index is 437. The van der Waals surface area contributed by atoms with E-state index in [4.69, 9.17) is 9.15 Å².